The third kappa shape index (κ3) is 1.80. The summed E-state index contributed by atoms with van der Waals surface area (Å²) in [6.45, 7) is 0. The molecule has 0 aliphatic carbocycles. The SMILES string of the molecule is Nc1cc(Cl)ccc1Oc1cncc2nnnn12. The number of hydrogen-bond acceptors (Lipinski definition) is 6. The van der Waals surface area contributed by atoms with Crippen LogP contribution in [-0.2, 0) is 0 Å². The van der Waals surface area contributed by atoms with Gasteiger partial charge in [0.1, 0.15) is 0 Å². The molecule has 0 aliphatic heterocycles. The van der Waals surface area contributed by atoms with Crippen LogP contribution in [0.3, 0.4) is 0 Å². The second kappa shape index (κ2) is 4.11. The molecule has 18 heavy (non-hydrogen) atoms. The van der Waals surface area contributed by atoms with Crippen LogP contribution in [0.5, 0.6) is 11.6 Å². The summed E-state index contributed by atoms with van der Waals surface area (Å²) in [5.74, 6) is 0.829. The topological polar surface area (TPSA) is 91.2 Å². The predicted octanol–water partition coefficient (Wildman–Crippen LogP) is 1.55. The molecule has 3 rings (SSSR count). The van der Waals surface area contributed by atoms with Gasteiger partial charge in [-0.05, 0) is 28.6 Å². The molecule has 0 spiro atoms. The number of fused-ring (bicyclic) bond motifs is 1. The van der Waals surface area contributed by atoms with Gasteiger partial charge in [-0.3, -0.25) is 4.98 Å². The lowest BCUT2D eigenvalue weighted by molar-refractivity contribution is 0.444. The largest absolute Gasteiger partial charge is 0.435 e. The molecule has 0 radical (unpaired) electrons. The van der Waals surface area contributed by atoms with Crippen LogP contribution in [0.4, 0.5) is 5.69 Å². The van der Waals surface area contributed by atoms with Crippen molar-refractivity contribution in [2.24, 2.45) is 0 Å². The molecule has 0 bridgehead atoms. The molecule has 2 N–H and O–H groups in total. The first-order chi connectivity index (χ1) is 8.74. The molecule has 0 fully saturated rings. The Kier molecular flexibility index (Phi) is 2.45. The zero-order valence-electron chi connectivity index (χ0n) is 8.99. The van der Waals surface area contributed by atoms with Gasteiger partial charge in [0.25, 0.3) is 0 Å². The fraction of sp³-hybridized carbons (Fsp3) is 0. The van der Waals surface area contributed by atoms with Crippen LogP contribution in [0, 0.1) is 0 Å². The summed E-state index contributed by atoms with van der Waals surface area (Å²) in [5.41, 5.74) is 6.71. The molecule has 2 heterocycles. The van der Waals surface area contributed by atoms with E-state index in [1.807, 2.05) is 0 Å². The number of rotatable bonds is 2. The van der Waals surface area contributed by atoms with Crippen LogP contribution < -0.4 is 10.5 Å². The molecule has 7 nitrogen and oxygen atoms in total. The maximum atomic E-state index is 5.81. The van der Waals surface area contributed by atoms with E-state index in [-0.39, 0.29) is 0 Å². The van der Waals surface area contributed by atoms with Crippen molar-refractivity contribution in [3.63, 3.8) is 0 Å². The summed E-state index contributed by atoms with van der Waals surface area (Å²) >= 11 is 5.81. The van der Waals surface area contributed by atoms with E-state index in [9.17, 15) is 0 Å². The number of hydrogen-bond donors (Lipinski definition) is 1. The number of nitrogens with two attached hydrogens (primary N) is 1. The first kappa shape index (κ1) is 10.7. The minimum absolute atomic E-state index is 0.367. The van der Waals surface area contributed by atoms with E-state index in [1.54, 1.807) is 18.2 Å². The number of anilines is 1. The second-order valence-electron chi connectivity index (χ2n) is 3.48. The minimum atomic E-state index is 0.367. The van der Waals surface area contributed by atoms with E-state index >= 15 is 0 Å². The van der Waals surface area contributed by atoms with Gasteiger partial charge in [-0.1, -0.05) is 11.6 Å². The fourth-order valence-electron chi connectivity index (χ4n) is 1.45. The first-order valence-corrected chi connectivity index (χ1v) is 5.37. The Labute approximate surface area is 106 Å². The average molecular weight is 263 g/mol. The van der Waals surface area contributed by atoms with Gasteiger partial charge in [-0.25, -0.2) is 0 Å². The van der Waals surface area contributed by atoms with Crippen molar-refractivity contribution in [1.82, 2.24) is 25.0 Å². The minimum Gasteiger partial charge on any atom is -0.435 e. The van der Waals surface area contributed by atoms with Crippen molar-refractivity contribution < 1.29 is 4.74 Å². The van der Waals surface area contributed by atoms with Crippen molar-refractivity contribution in [2.75, 3.05) is 5.73 Å². The van der Waals surface area contributed by atoms with Gasteiger partial charge in [-0.15, -0.1) is 5.10 Å². The zero-order valence-corrected chi connectivity index (χ0v) is 9.74. The monoisotopic (exact) mass is 262 g/mol. The molecule has 0 atom stereocenters. The highest BCUT2D eigenvalue weighted by Crippen LogP contribution is 2.29. The van der Waals surface area contributed by atoms with E-state index < -0.39 is 0 Å². The highest BCUT2D eigenvalue weighted by Gasteiger charge is 2.08. The van der Waals surface area contributed by atoms with Crippen LogP contribution in [0.25, 0.3) is 5.65 Å². The summed E-state index contributed by atoms with van der Waals surface area (Å²) < 4.78 is 7.03. The molecule has 90 valence electrons. The number of halogens is 1. The summed E-state index contributed by atoms with van der Waals surface area (Å²) in [5, 5.41) is 11.6. The number of ether oxygens (including phenoxy) is 1. The Hall–Kier alpha value is -2.41. The van der Waals surface area contributed by atoms with Crippen LogP contribution >= 0.6 is 11.6 Å². The average Bonchev–Trinajstić information content (AvgIpc) is 2.82. The molecule has 0 saturated heterocycles. The van der Waals surface area contributed by atoms with E-state index in [0.717, 1.165) is 0 Å². The lowest BCUT2D eigenvalue weighted by Crippen LogP contribution is -1.99. The first-order valence-electron chi connectivity index (χ1n) is 4.99. The molecule has 3 aromatic rings. The normalized spacial score (nSPS) is 10.7. The fourth-order valence-corrected chi connectivity index (χ4v) is 1.63. The summed E-state index contributed by atoms with van der Waals surface area (Å²) in [6, 6.07) is 4.95. The molecule has 0 saturated carbocycles. The van der Waals surface area contributed by atoms with Crippen molar-refractivity contribution >= 4 is 22.9 Å². The van der Waals surface area contributed by atoms with E-state index in [1.165, 1.54) is 16.9 Å². The summed E-state index contributed by atoms with van der Waals surface area (Å²) in [4.78, 5) is 3.97. The number of nitrogens with zero attached hydrogens (tertiary/aromatic N) is 5. The Bertz CT molecular complexity index is 712. The van der Waals surface area contributed by atoms with E-state index in [4.69, 9.17) is 22.1 Å². The molecule has 1 aromatic carbocycles. The lowest BCUT2D eigenvalue weighted by atomic mass is 10.3. The summed E-state index contributed by atoms with van der Waals surface area (Å²) in [6.07, 6.45) is 3.02. The Balaban J connectivity index is 2.03. The highest BCUT2D eigenvalue weighted by molar-refractivity contribution is 6.30. The third-order valence-corrected chi connectivity index (χ3v) is 2.50. The van der Waals surface area contributed by atoms with Crippen LogP contribution in [0.15, 0.2) is 30.6 Å². The van der Waals surface area contributed by atoms with Crippen LogP contribution in [0.1, 0.15) is 0 Å². The van der Waals surface area contributed by atoms with Crippen molar-refractivity contribution in [2.45, 2.75) is 0 Å². The van der Waals surface area contributed by atoms with Crippen molar-refractivity contribution in [1.29, 1.82) is 0 Å². The Morgan fingerprint density at radius 3 is 3.00 bits per heavy atom. The maximum absolute atomic E-state index is 5.81. The van der Waals surface area contributed by atoms with E-state index in [2.05, 4.69) is 20.5 Å². The lowest BCUT2D eigenvalue weighted by Gasteiger charge is -2.08. The molecule has 0 unspecified atom stereocenters. The predicted molar refractivity (Wildman–Crippen MR) is 64.5 cm³/mol. The standard InChI is InChI=1S/C10H7ClN6O/c11-6-1-2-8(7(12)3-6)18-10-5-13-4-9-14-15-16-17(9)10/h1-5H,12H2. The Morgan fingerprint density at radius 2 is 2.17 bits per heavy atom. The summed E-state index contributed by atoms with van der Waals surface area (Å²) in [7, 11) is 0. The van der Waals surface area contributed by atoms with Gasteiger partial charge in [0.05, 0.1) is 18.1 Å². The molecule has 8 heteroatoms. The molecule has 2 aromatic heterocycles. The molecular weight excluding hydrogens is 256 g/mol. The zero-order chi connectivity index (χ0) is 12.5. The van der Waals surface area contributed by atoms with Gasteiger partial charge in [0, 0.05) is 5.02 Å². The smallest absolute Gasteiger partial charge is 0.242 e. The second-order valence-corrected chi connectivity index (χ2v) is 3.92. The third-order valence-electron chi connectivity index (χ3n) is 2.26. The number of aromatic nitrogens is 5. The maximum Gasteiger partial charge on any atom is 0.242 e. The van der Waals surface area contributed by atoms with Gasteiger partial charge in [0.2, 0.25) is 11.5 Å². The van der Waals surface area contributed by atoms with Gasteiger partial charge in [-0.2, -0.15) is 4.52 Å². The Morgan fingerprint density at radius 1 is 1.28 bits per heavy atom. The number of benzene rings is 1. The van der Waals surface area contributed by atoms with Crippen LogP contribution in [0.2, 0.25) is 5.02 Å². The van der Waals surface area contributed by atoms with Gasteiger partial charge in [0.15, 0.2) is 5.75 Å². The quantitative estimate of drug-likeness (QED) is 0.705. The number of tetrazole rings is 1. The van der Waals surface area contributed by atoms with Crippen LogP contribution in [-0.4, -0.2) is 25.0 Å². The molecule has 0 aliphatic rings. The van der Waals surface area contributed by atoms with Crippen molar-refractivity contribution in [3.05, 3.63) is 35.6 Å². The number of nitrogen functional groups attached to an aromatic ring is 1. The van der Waals surface area contributed by atoms with Crippen molar-refractivity contribution in [3.8, 4) is 11.6 Å². The van der Waals surface area contributed by atoms with Gasteiger partial charge < -0.3 is 10.5 Å². The van der Waals surface area contributed by atoms with Gasteiger partial charge >= 0.3 is 0 Å². The molecule has 0 amide bonds. The highest BCUT2D eigenvalue weighted by atomic mass is 35.5. The molecular formula is C10H7ClN6O. The van der Waals surface area contributed by atoms with E-state index in [0.29, 0.717) is 28.0 Å².